The lowest BCUT2D eigenvalue weighted by Gasteiger charge is -2.23. The fraction of sp³-hybridized carbons (Fsp3) is 0.455. The Morgan fingerprint density at radius 1 is 1.47 bits per heavy atom. The van der Waals surface area contributed by atoms with E-state index in [1.165, 1.54) is 12.1 Å². The maximum Gasteiger partial charge on any atom is 0.269 e. The molecule has 0 saturated heterocycles. The lowest BCUT2D eigenvalue weighted by molar-refractivity contribution is -0.384. The number of hydrogen-bond acceptors (Lipinski definition) is 5. The van der Waals surface area contributed by atoms with Crippen LogP contribution in [0.5, 0.6) is 0 Å². The van der Waals surface area contributed by atoms with Crippen LogP contribution in [-0.2, 0) is 0 Å². The quantitative estimate of drug-likeness (QED) is 0.602. The standard InChI is InChI=1S/C11H16N2O3S/c1-11(14,8-17-2)7-12-9-3-5-10(6-4-9)13(15)16/h3-6,12,14H,7-8H2,1-2H3. The van der Waals surface area contributed by atoms with Gasteiger partial charge in [-0.3, -0.25) is 10.1 Å². The predicted octanol–water partition coefficient (Wildman–Crippen LogP) is 2.12. The Labute approximate surface area is 104 Å². The summed E-state index contributed by atoms with van der Waals surface area (Å²) in [5.41, 5.74) is 0.0321. The molecule has 0 aliphatic rings. The molecule has 1 unspecified atom stereocenters. The van der Waals surface area contributed by atoms with Gasteiger partial charge in [0.2, 0.25) is 0 Å². The van der Waals surface area contributed by atoms with Crippen molar-refractivity contribution in [3.63, 3.8) is 0 Å². The number of thioether (sulfide) groups is 1. The van der Waals surface area contributed by atoms with Gasteiger partial charge in [-0.1, -0.05) is 0 Å². The van der Waals surface area contributed by atoms with E-state index in [9.17, 15) is 15.2 Å². The van der Waals surface area contributed by atoms with Gasteiger partial charge in [0.15, 0.2) is 0 Å². The van der Waals surface area contributed by atoms with E-state index in [0.717, 1.165) is 5.69 Å². The Morgan fingerprint density at radius 3 is 2.53 bits per heavy atom. The lowest BCUT2D eigenvalue weighted by atomic mass is 10.1. The second kappa shape index (κ2) is 5.88. The van der Waals surface area contributed by atoms with Gasteiger partial charge in [0, 0.05) is 30.1 Å². The van der Waals surface area contributed by atoms with Crippen LogP contribution >= 0.6 is 11.8 Å². The van der Waals surface area contributed by atoms with Crippen molar-refractivity contribution in [3.05, 3.63) is 34.4 Å². The van der Waals surface area contributed by atoms with E-state index in [2.05, 4.69) is 5.32 Å². The molecule has 5 nitrogen and oxygen atoms in total. The molecule has 0 amide bonds. The summed E-state index contributed by atoms with van der Waals surface area (Å²) in [7, 11) is 0. The van der Waals surface area contributed by atoms with Crippen molar-refractivity contribution in [3.8, 4) is 0 Å². The van der Waals surface area contributed by atoms with Crippen LogP contribution in [0.1, 0.15) is 6.92 Å². The van der Waals surface area contributed by atoms with Crippen molar-refractivity contribution in [1.29, 1.82) is 0 Å². The summed E-state index contributed by atoms with van der Waals surface area (Å²) < 4.78 is 0. The number of nitro groups is 1. The van der Waals surface area contributed by atoms with Crippen LogP contribution in [0.4, 0.5) is 11.4 Å². The molecule has 0 heterocycles. The molecule has 6 heteroatoms. The predicted molar refractivity (Wildman–Crippen MR) is 70.6 cm³/mol. The van der Waals surface area contributed by atoms with Crippen molar-refractivity contribution in [2.45, 2.75) is 12.5 Å². The Kier molecular flexibility index (Phi) is 4.77. The highest BCUT2D eigenvalue weighted by molar-refractivity contribution is 7.98. The number of nitro benzene ring substituents is 1. The fourth-order valence-electron chi connectivity index (χ4n) is 1.36. The maximum atomic E-state index is 10.5. The third-order valence-corrected chi connectivity index (χ3v) is 3.12. The van der Waals surface area contributed by atoms with Gasteiger partial charge >= 0.3 is 0 Å². The van der Waals surface area contributed by atoms with Gasteiger partial charge in [-0.15, -0.1) is 0 Å². The van der Waals surface area contributed by atoms with Gasteiger partial charge in [0.05, 0.1) is 10.5 Å². The van der Waals surface area contributed by atoms with E-state index in [0.29, 0.717) is 12.3 Å². The Balaban J connectivity index is 2.55. The van der Waals surface area contributed by atoms with Crippen LogP contribution in [0, 0.1) is 10.1 Å². The molecule has 0 aromatic heterocycles. The summed E-state index contributed by atoms with van der Waals surface area (Å²) in [5.74, 6) is 0.632. The number of aliphatic hydroxyl groups is 1. The molecular formula is C11H16N2O3S. The van der Waals surface area contributed by atoms with E-state index >= 15 is 0 Å². The Bertz CT molecular complexity index is 379. The van der Waals surface area contributed by atoms with Crippen LogP contribution in [0.25, 0.3) is 0 Å². The largest absolute Gasteiger partial charge is 0.387 e. The summed E-state index contributed by atoms with van der Waals surface area (Å²) >= 11 is 1.57. The smallest absolute Gasteiger partial charge is 0.269 e. The van der Waals surface area contributed by atoms with Crippen molar-refractivity contribution < 1.29 is 10.0 Å². The highest BCUT2D eigenvalue weighted by Gasteiger charge is 2.19. The molecule has 0 aliphatic heterocycles. The first-order chi connectivity index (χ1) is 7.94. The summed E-state index contributed by atoms with van der Waals surface area (Å²) in [4.78, 5) is 10.0. The van der Waals surface area contributed by atoms with Crippen LogP contribution in [0.3, 0.4) is 0 Å². The minimum Gasteiger partial charge on any atom is -0.387 e. The molecule has 0 saturated carbocycles. The van der Waals surface area contributed by atoms with E-state index in [1.54, 1.807) is 30.8 Å². The van der Waals surface area contributed by atoms with Crippen molar-refractivity contribution in [2.75, 3.05) is 23.9 Å². The molecule has 94 valence electrons. The number of hydrogen-bond donors (Lipinski definition) is 2. The van der Waals surface area contributed by atoms with Crippen LogP contribution in [0.2, 0.25) is 0 Å². The van der Waals surface area contributed by atoms with Gasteiger partial charge in [0.1, 0.15) is 0 Å². The molecule has 1 aromatic rings. The van der Waals surface area contributed by atoms with Crippen molar-refractivity contribution in [1.82, 2.24) is 0 Å². The molecular weight excluding hydrogens is 240 g/mol. The molecule has 1 aromatic carbocycles. The normalized spacial score (nSPS) is 14.1. The minimum absolute atomic E-state index is 0.0615. The van der Waals surface area contributed by atoms with Gasteiger partial charge < -0.3 is 10.4 Å². The SMILES string of the molecule is CSCC(C)(O)CNc1ccc([N+](=O)[O-])cc1. The molecule has 1 rings (SSSR count). The van der Waals surface area contributed by atoms with Gasteiger partial charge in [-0.25, -0.2) is 0 Å². The molecule has 17 heavy (non-hydrogen) atoms. The van der Waals surface area contributed by atoms with Gasteiger partial charge in [-0.2, -0.15) is 11.8 Å². The van der Waals surface area contributed by atoms with Crippen LogP contribution < -0.4 is 5.32 Å². The van der Waals surface area contributed by atoms with E-state index < -0.39 is 10.5 Å². The number of rotatable bonds is 6. The molecule has 1 atom stereocenters. The summed E-state index contributed by atoms with van der Waals surface area (Å²) in [6.45, 7) is 2.16. The number of anilines is 1. The number of nitrogens with one attached hydrogen (secondary N) is 1. The molecule has 2 N–H and O–H groups in total. The molecule has 0 aliphatic carbocycles. The number of benzene rings is 1. The van der Waals surface area contributed by atoms with Gasteiger partial charge in [0.25, 0.3) is 5.69 Å². The number of non-ortho nitro benzene ring substituents is 1. The lowest BCUT2D eigenvalue weighted by Crippen LogP contribution is -2.36. The first-order valence-corrected chi connectivity index (χ1v) is 6.54. The molecule has 0 spiro atoms. The molecule has 0 radical (unpaired) electrons. The highest BCUT2D eigenvalue weighted by atomic mass is 32.2. The zero-order valence-electron chi connectivity index (χ0n) is 9.84. The number of nitrogens with zero attached hydrogens (tertiary/aromatic N) is 1. The van der Waals surface area contributed by atoms with E-state index in [1.807, 2.05) is 6.26 Å². The van der Waals surface area contributed by atoms with Crippen molar-refractivity contribution in [2.24, 2.45) is 0 Å². The average molecular weight is 256 g/mol. The monoisotopic (exact) mass is 256 g/mol. The van der Waals surface area contributed by atoms with E-state index in [4.69, 9.17) is 0 Å². The van der Waals surface area contributed by atoms with Crippen LogP contribution in [-0.4, -0.2) is 34.2 Å². The fourth-order valence-corrected chi connectivity index (χ4v) is 2.08. The maximum absolute atomic E-state index is 10.5. The van der Waals surface area contributed by atoms with Crippen molar-refractivity contribution >= 4 is 23.1 Å². The van der Waals surface area contributed by atoms with Gasteiger partial charge in [-0.05, 0) is 25.3 Å². The Morgan fingerprint density at radius 2 is 2.06 bits per heavy atom. The topological polar surface area (TPSA) is 75.4 Å². The average Bonchev–Trinajstić information content (AvgIpc) is 2.27. The summed E-state index contributed by atoms with van der Waals surface area (Å²) in [6, 6.07) is 6.14. The zero-order valence-corrected chi connectivity index (χ0v) is 10.7. The minimum atomic E-state index is -0.790. The second-order valence-corrected chi connectivity index (χ2v) is 4.95. The second-order valence-electron chi connectivity index (χ2n) is 4.09. The Hall–Kier alpha value is -1.27. The highest BCUT2D eigenvalue weighted by Crippen LogP contribution is 2.17. The third kappa shape index (κ3) is 4.62. The van der Waals surface area contributed by atoms with Crippen LogP contribution in [0.15, 0.2) is 24.3 Å². The first-order valence-electron chi connectivity index (χ1n) is 5.14. The summed E-state index contributed by atoms with van der Waals surface area (Å²) in [5, 5.41) is 23.4. The third-order valence-electron chi connectivity index (χ3n) is 2.21. The van der Waals surface area contributed by atoms with E-state index in [-0.39, 0.29) is 5.69 Å². The zero-order chi connectivity index (χ0) is 12.9. The molecule has 0 bridgehead atoms. The summed E-state index contributed by atoms with van der Waals surface area (Å²) in [6.07, 6.45) is 1.93. The molecule has 0 fully saturated rings. The first kappa shape index (κ1) is 13.8.